The van der Waals surface area contributed by atoms with Crippen LogP contribution in [0.5, 0.6) is 0 Å². The molecule has 0 spiro atoms. The molecular formula is C14H26N4O2. The Morgan fingerprint density at radius 2 is 2.25 bits per heavy atom. The Labute approximate surface area is 120 Å². The van der Waals surface area contributed by atoms with Crippen LogP contribution in [0.2, 0.25) is 0 Å². The van der Waals surface area contributed by atoms with Gasteiger partial charge < -0.3 is 19.5 Å². The highest BCUT2D eigenvalue weighted by Gasteiger charge is 2.28. The van der Waals surface area contributed by atoms with Gasteiger partial charge in [-0.2, -0.15) is 4.98 Å². The van der Waals surface area contributed by atoms with Crippen molar-refractivity contribution in [3.05, 3.63) is 11.7 Å². The van der Waals surface area contributed by atoms with Gasteiger partial charge in [0.1, 0.15) is 6.10 Å². The van der Waals surface area contributed by atoms with Crippen LogP contribution < -0.4 is 5.32 Å². The number of morpholine rings is 1. The van der Waals surface area contributed by atoms with E-state index in [0.717, 1.165) is 32.7 Å². The average molecular weight is 282 g/mol. The van der Waals surface area contributed by atoms with Crippen molar-refractivity contribution in [3.63, 3.8) is 0 Å². The highest BCUT2D eigenvalue weighted by molar-refractivity contribution is 5.01. The summed E-state index contributed by atoms with van der Waals surface area (Å²) in [4.78, 5) is 6.80. The van der Waals surface area contributed by atoms with E-state index in [1.807, 2.05) is 0 Å². The maximum Gasteiger partial charge on any atom is 0.231 e. The van der Waals surface area contributed by atoms with E-state index >= 15 is 0 Å². The molecule has 114 valence electrons. The normalized spacial score (nSPS) is 23.7. The highest BCUT2D eigenvalue weighted by Crippen LogP contribution is 2.25. The SMILES string of the molecule is CCNC(C)C(CC)c1nc(C2CN(C)CCO2)no1. The van der Waals surface area contributed by atoms with Gasteiger partial charge in [0.05, 0.1) is 12.5 Å². The molecule has 2 heterocycles. The molecule has 1 fully saturated rings. The van der Waals surface area contributed by atoms with E-state index in [2.05, 4.69) is 48.2 Å². The Kier molecular flexibility index (Phi) is 5.51. The fourth-order valence-electron chi connectivity index (χ4n) is 2.67. The first-order valence-corrected chi connectivity index (χ1v) is 7.52. The van der Waals surface area contributed by atoms with Gasteiger partial charge in [0.15, 0.2) is 0 Å². The highest BCUT2D eigenvalue weighted by atomic mass is 16.5. The standard InChI is InChI=1S/C14H26N4O2/c1-5-11(10(3)15-6-2)14-16-13(17-20-14)12-9-18(4)7-8-19-12/h10-12,15H,5-9H2,1-4H3. The molecule has 1 N–H and O–H groups in total. The number of likely N-dealkylation sites (N-methyl/N-ethyl adjacent to an activating group) is 2. The summed E-state index contributed by atoms with van der Waals surface area (Å²) in [6.45, 7) is 9.84. The maximum atomic E-state index is 5.73. The third kappa shape index (κ3) is 3.56. The minimum Gasteiger partial charge on any atom is -0.367 e. The Morgan fingerprint density at radius 3 is 2.90 bits per heavy atom. The Hall–Kier alpha value is -0.980. The molecule has 0 bridgehead atoms. The predicted molar refractivity (Wildman–Crippen MR) is 76.7 cm³/mol. The van der Waals surface area contributed by atoms with Crippen molar-refractivity contribution in [2.45, 2.75) is 45.3 Å². The molecule has 0 aliphatic carbocycles. The minimum atomic E-state index is -0.0711. The lowest BCUT2D eigenvalue weighted by atomic mass is 9.98. The first-order valence-electron chi connectivity index (χ1n) is 7.52. The first kappa shape index (κ1) is 15.4. The minimum absolute atomic E-state index is 0.0711. The maximum absolute atomic E-state index is 5.73. The van der Waals surface area contributed by atoms with E-state index in [0.29, 0.717) is 17.8 Å². The van der Waals surface area contributed by atoms with Crippen LogP contribution in [-0.4, -0.2) is 54.4 Å². The lowest BCUT2D eigenvalue weighted by Gasteiger charge is -2.27. The fraction of sp³-hybridized carbons (Fsp3) is 0.857. The summed E-state index contributed by atoms with van der Waals surface area (Å²) in [6.07, 6.45) is 0.902. The molecule has 1 aliphatic heterocycles. The summed E-state index contributed by atoms with van der Waals surface area (Å²) in [5.74, 6) is 1.64. The quantitative estimate of drug-likeness (QED) is 0.854. The van der Waals surface area contributed by atoms with E-state index in [1.54, 1.807) is 0 Å². The van der Waals surface area contributed by atoms with Crippen LogP contribution >= 0.6 is 0 Å². The van der Waals surface area contributed by atoms with E-state index in [-0.39, 0.29) is 12.0 Å². The van der Waals surface area contributed by atoms with Gasteiger partial charge in [-0.3, -0.25) is 0 Å². The first-order chi connectivity index (χ1) is 9.65. The van der Waals surface area contributed by atoms with E-state index in [4.69, 9.17) is 9.26 Å². The molecule has 20 heavy (non-hydrogen) atoms. The zero-order valence-corrected chi connectivity index (χ0v) is 12.9. The molecule has 6 nitrogen and oxygen atoms in total. The number of rotatable bonds is 6. The van der Waals surface area contributed by atoms with Crippen LogP contribution in [0.15, 0.2) is 4.52 Å². The van der Waals surface area contributed by atoms with Crippen molar-refractivity contribution < 1.29 is 9.26 Å². The molecular weight excluding hydrogens is 256 g/mol. The van der Waals surface area contributed by atoms with Gasteiger partial charge in [-0.05, 0) is 26.9 Å². The summed E-state index contributed by atoms with van der Waals surface area (Å²) in [5, 5.41) is 7.54. The number of aromatic nitrogens is 2. The molecule has 1 saturated heterocycles. The van der Waals surface area contributed by atoms with Crippen molar-refractivity contribution in [3.8, 4) is 0 Å². The van der Waals surface area contributed by atoms with Crippen molar-refractivity contribution in [2.24, 2.45) is 0 Å². The Morgan fingerprint density at radius 1 is 1.45 bits per heavy atom. The van der Waals surface area contributed by atoms with Crippen LogP contribution in [0.1, 0.15) is 50.9 Å². The second-order valence-electron chi connectivity index (χ2n) is 5.47. The number of nitrogens with one attached hydrogen (secondary N) is 1. The molecule has 6 heteroatoms. The van der Waals surface area contributed by atoms with Crippen molar-refractivity contribution in [1.29, 1.82) is 0 Å². The van der Waals surface area contributed by atoms with Crippen LogP contribution in [0, 0.1) is 0 Å². The molecule has 0 amide bonds. The van der Waals surface area contributed by atoms with Gasteiger partial charge in [-0.25, -0.2) is 0 Å². The predicted octanol–water partition coefficient (Wildman–Crippen LogP) is 1.56. The lowest BCUT2D eigenvalue weighted by Crippen LogP contribution is -2.35. The lowest BCUT2D eigenvalue weighted by molar-refractivity contribution is -0.0264. The van der Waals surface area contributed by atoms with Gasteiger partial charge in [-0.15, -0.1) is 0 Å². The average Bonchev–Trinajstić information content (AvgIpc) is 2.89. The zero-order chi connectivity index (χ0) is 14.5. The monoisotopic (exact) mass is 282 g/mol. The Balaban J connectivity index is 2.06. The number of hydrogen-bond donors (Lipinski definition) is 1. The number of nitrogens with zero attached hydrogens (tertiary/aromatic N) is 3. The van der Waals surface area contributed by atoms with E-state index < -0.39 is 0 Å². The van der Waals surface area contributed by atoms with Gasteiger partial charge in [0.2, 0.25) is 11.7 Å². The molecule has 0 aromatic carbocycles. The molecule has 3 atom stereocenters. The molecule has 1 aromatic heterocycles. The topological polar surface area (TPSA) is 63.4 Å². The summed E-state index contributed by atoms with van der Waals surface area (Å²) in [7, 11) is 2.08. The van der Waals surface area contributed by atoms with Gasteiger partial charge in [0.25, 0.3) is 0 Å². The van der Waals surface area contributed by atoms with Crippen LogP contribution in [0.3, 0.4) is 0 Å². The summed E-state index contributed by atoms with van der Waals surface area (Å²) >= 11 is 0. The molecule has 0 saturated carbocycles. The molecule has 0 radical (unpaired) electrons. The number of hydrogen-bond acceptors (Lipinski definition) is 6. The summed E-state index contributed by atoms with van der Waals surface area (Å²) in [5.41, 5.74) is 0. The van der Waals surface area contributed by atoms with Gasteiger partial charge in [0, 0.05) is 19.1 Å². The van der Waals surface area contributed by atoms with Gasteiger partial charge in [-0.1, -0.05) is 19.0 Å². The smallest absolute Gasteiger partial charge is 0.231 e. The molecule has 2 rings (SSSR count). The fourth-order valence-corrected chi connectivity index (χ4v) is 2.67. The third-order valence-corrected chi connectivity index (χ3v) is 3.90. The number of ether oxygens (including phenoxy) is 1. The largest absolute Gasteiger partial charge is 0.367 e. The zero-order valence-electron chi connectivity index (χ0n) is 12.9. The van der Waals surface area contributed by atoms with Crippen molar-refractivity contribution >= 4 is 0 Å². The molecule has 1 aromatic rings. The van der Waals surface area contributed by atoms with Crippen molar-refractivity contribution in [2.75, 3.05) is 33.3 Å². The van der Waals surface area contributed by atoms with Crippen LogP contribution in [0.25, 0.3) is 0 Å². The van der Waals surface area contributed by atoms with E-state index in [1.165, 1.54) is 0 Å². The third-order valence-electron chi connectivity index (χ3n) is 3.90. The molecule has 3 unspecified atom stereocenters. The Bertz CT molecular complexity index is 410. The molecule has 1 aliphatic rings. The van der Waals surface area contributed by atoms with E-state index in [9.17, 15) is 0 Å². The van der Waals surface area contributed by atoms with Crippen LogP contribution in [-0.2, 0) is 4.74 Å². The summed E-state index contributed by atoms with van der Waals surface area (Å²) < 4.78 is 11.2. The van der Waals surface area contributed by atoms with Crippen molar-refractivity contribution in [1.82, 2.24) is 20.4 Å². The summed E-state index contributed by atoms with van der Waals surface area (Å²) in [6, 6.07) is 0.327. The van der Waals surface area contributed by atoms with Gasteiger partial charge >= 0.3 is 0 Å². The second kappa shape index (κ2) is 7.15. The van der Waals surface area contributed by atoms with Crippen LogP contribution in [0.4, 0.5) is 0 Å². The second-order valence-corrected chi connectivity index (χ2v) is 5.47.